The van der Waals surface area contributed by atoms with Crippen molar-refractivity contribution in [2.45, 2.75) is 19.5 Å². The molecular weight excluding hydrogens is 232 g/mol. The molecule has 0 fully saturated rings. The van der Waals surface area contributed by atoms with Crippen LogP contribution in [0.4, 0.5) is 0 Å². The van der Waals surface area contributed by atoms with Crippen LogP contribution in [-0.2, 0) is 6.54 Å². The number of aryl methyl sites for hydroxylation is 1. The van der Waals surface area contributed by atoms with Crippen LogP contribution in [0.1, 0.15) is 22.7 Å². The van der Waals surface area contributed by atoms with Crippen LogP contribution in [0, 0.1) is 18.3 Å². The first kappa shape index (κ1) is 13.3. The molecule has 0 bridgehead atoms. The molecule has 0 heterocycles. The van der Waals surface area contributed by atoms with Crippen LogP contribution in [0.5, 0.6) is 0 Å². The lowest BCUT2D eigenvalue weighted by molar-refractivity contribution is 0.282. The van der Waals surface area contributed by atoms with Crippen molar-refractivity contribution in [3.8, 4) is 6.07 Å². The quantitative estimate of drug-likeness (QED) is 0.827. The van der Waals surface area contributed by atoms with Gasteiger partial charge in [0.15, 0.2) is 0 Å². The van der Waals surface area contributed by atoms with E-state index in [0.29, 0.717) is 0 Å². The number of hydrogen-bond acceptors (Lipinski definition) is 2. The second kappa shape index (κ2) is 6.17. The Morgan fingerprint density at radius 1 is 1.05 bits per heavy atom. The molecule has 2 heteroatoms. The van der Waals surface area contributed by atoms with Gasteiger partial charge in [0, 0.05) is 6.54 Å². The zero-order valence-corrected chi connectivity index (χ0v) is 11.4. The monoisotopic (exact) mass is 250 g/mol. The van der Waals surface area contributed by atoms with Crippen LogP contribution in [0.3, 0.4) is 0 Å². The normalized spacial score (nSPS) is 12.1. The minimum Gasteiger partial charge on any atom is -0.283 e. The highest BCUT2D eigenvalue weighted by molar-refractivity contribution is 5.32. The summed E-state index contributed by atoms with van der Waals surface area (Å²) in [5, 5.41) is 9.46. The molecule has 0 aliphatic rings. The van der Waals surface area contributed by atoms with Crippen molar-refractivity contribution in [3.63, 3.8) is 0 Å². The Balaban J connectivity index is 2.19. The van der Waals surface area contributed by atoms with E-state index in [9.17, 15) is 5.26 Å². The van der Waals surface area contributed by atoms with Gasteiger partial charge in [-0.05, 0) is 30.7 Å². The van der Waals surface area contributed by atoms with E-state index in [-0.39, 0.29) is 6.04 Å². The van der Waals surface area contributed by atoms with Gasteiger partial charge in [-0.15, -0.1) is 0 Å². The summed E-state index contributed by atoms with van der Waals surface area (Å²) in [5.41, 5.74) is 3.47. The third kappa shape index (κ3) is 3.21. The molecule has 0 saturated carbocycles. The number of nitriles is 1. The molecule has 0 aromatic heterocycles. The van der Waals surface area contributed by atoms with Gasteiger partial charge in [0.25, 0.3) is 0 Å². The molecule has 2 rings (SSSR count). The van der Waals surface area contributed by atoms with Crippen LogP contribution in [0.25, 0.3) is 0 Å². The highest BCUT2D eigenvalue weighted by Gasteiger charge is 2.17. The van der Waals surface area contributed by atoms with E-state index in [1.54, 1.807) is 0 Å². The zero-order chi connectivity index (χ0) is 13.7. The lowest BCUT2D eigenvalue weighted by Crippen LogP contribution is -2.23. The second-order valence-electron chi connectivity index (χ2n) is 4.79. The van der Waals surface area contributed by atoms with Gasteiger partial charge >= 0.3 is 0 Å². The molecule has 2 nitrogen and oxygen atoms in total. The molecule has 96 valence electrons. The Bertz CT molecular complexity index is 569. The van der Waals surface area contributed by atoms with Crippen molar-refractivity contribution in [2.24, 2.45) is 0 Å². The van der Waals surface area contributed by atoms with Gasteiger partial charge in [0.1, 0.15) is 6.04 Å². The lowest BCUT2D eigenvalue weighted by atomic mass is 10.0. The van der Waals surface area contributed by atoms with Gasteiger partial charge in [0.05, 0.1) is 6.07 Å². The molecule has 0 radical (unpaired) electrons. The van der Waals surface area contributed by atoms with E-state index >= 15 is 0 Å². The predicted octanol–water partition coefficient (Wildman–Crippen LogP) is 3.69. The number of nitrogens with zero attached hydrogens (tertiary/aromatic N) is 2. The molecule has 19 heavy (non-hydrogen) atoms. The van der Waals surface area contributed by atoms with Gasteiger partial charge in [-0.3, -0.25) is 4.90 Å². The Kier molecular flexibility index (Phi) is 4.33. The Morgan fingerprint density at radius 2 is 1.68 bits per heavy atom. The molecule has 0 amide bonds. The maximum Gasteiger partial charge on any atom is 0.124 e. The molecule has 2 aromatic rings. The van der Waals surface area contributed by atoms with Crippen LogP contribution >= 0.6 is 0 Å². The Morgan fingerprint density at radius 3 is 2.32 bits per heavy atom. The average Bonchev–Trinajstić information content (AvgIpc) is 2.43. The van der Waals surface area contributed by atoms with Gasteiger partial charge in [-0.2, -0.15) is 5.26 Å². The van der Waals surface area contributed by atoms with Gasteiger partial charge < -0.3 is 0 Å². The SMILES string of the molecule is Cc1ccccc1C(C#N)N(C)Cc1ccccc1. The lowest BCUT2D eigenvalue weighted by Gasteiger charge is -2.24. The fourth-order valence-corrected chi connectivity index (χ4v) is 2.26. The van der Waals surface area contributed by atoms with Crippen LogP contribution in [-0.4, -0.2) is 11.9 Å². The summed E-state index contributed by atoms with van der Waals surface area (Å²) in [5.74, 6) is 0. The largest absolute Gasteiger partial charge is 0.283 e. The highest BCUT2D eigenvalue weighted by atomic mass is 15.1. The fraction of sp³-hybridized carbons (Fsp3) is 0.235. The predicted molar refractivity (Wildman–Crippen MR) is 77.4 cm³/mol. The van der Waals surface area contributed by atoms with Crippen LogP contribution in [0.2, 0.25) is 0 Å². The minimum absolute atomic E-state index is 0.207. The van der Waals surface area contributed by atoms with E-state index in [0.717, 1.165) is 17.7 Å². The molecule has 0 saturated heterocycles. The van der Waals surface area contributed by atoms with E-state index in [1.807, 2.05) is 43.4 Å². The van der Waals surface area contributed by atoms with Crippen molar-refractivity contribution >= 4 is 0 Å². The molecule has 0 N–H and O–H groups in total. The van der Waals surface area contributed by atoms with Gasteiger partial charge in [0.2, 0.25) is 0 Å². The van der Waals surface area contributed by atoms with E-state index in [4.69, 9.17) is 0 Å². The second-order valence-corrected chi connectivity index (χ2v) is 4.79. The number of hydrogen-bond donors (Lipinski definition) is 0. The van der Waals surface area contributed by atoms with E-state index < -0.39 is 0 Å². The third-order valence-corrected chi connectivity index (χ3v) is 3.32. The van der Waals surface area contributed by atoms with E-state index in [1.165, 1.54) is 5.56 Å². The number of benzene rings is 2. The molecular formula is C17H18N2. The topological polar surface area (TPSA) is 27.0 Å². The first-order valence-corrected chi connectivity index (χ1v) is 6.41. The standard InChI is InChI=1S/C17H18N2/c1-14-8-6-7-11-16(14)17(12-18)19(2)13-15-9-4-3-5-10-15/h3-11,17H,13H2,1-2H3. The Labute approximate surface area is 114 Å². The molecule has 1 unspecified atom stereocenters. The summed E-state index contributed by atoms with van der Waals surface area (Å²) in [6.45, 7) is 2.82. The summed E-state index contributed by atoms with van der Waals surface area (Å²) in [6, 6.07) is 20.5. The van der Waals surface area contributed by atoms with Crippen molar-refractivity contribution in [1.82, 2.24) is 4.90 Å². The smallest absolute Gasteiger partial charge is 0.124 e. The van der Waals surface area contributed by atoms with Gasteiger partial charge in [-0.1, -0.05) is 54.6 Å². The molecule has 0 aliphatic carbocycles. The number of rotatable bonds is 4. The highest BCUT2D eigenvalue weighted by Crippen LogP contribution is 2.23. The molecule has 0 aliphatic heterocycles. The van der Waals surface area contributed by atoms with E-state index in [2.05, 4.69) is 36.1 Å². The first-order chi connectivity index (χ1) is 9.22. The summed E-state index contributed by atoms with van der Waals surface area (Å²) >= 11 is 0. The van der Waals surface area contributed by atoms with Crippen molar-refractivity contribution in [3.05, 3.63) is 71.3 Å². The maximum absolute atomic E-state index is 9.46. The first-order valence-electron chi connectivity index (χ1n) is 6.41. The van der Waals surface area contributed by atoms with Gasteiger partial charge in [-0.25, -0.2) is 0 Å². The summed E-state index contributed by atoms with van der Waals surface area (Å²) in [7, 11) is 1.99. The van der Waals surface area contributed by atoms with Crippen molar-refractivity contribution < 1.29 is 0 Å². The van der Waals surface area contributed by atoms with Crippen LogP contribution < -0.4 is 0 Å². The zero-order valence-electron chi connectivity index (χ0n) is 11.4. The Hall–Kier alpha value is -2.11. The fourth-order valence-electron chi connectivity index (χ4n) is 2.26. The maximum atomic E-state index is 9.46. The average molecular weight is 250 g/mol. The summed E-state index contributed by atoms with van der Waals surface area (Å²) in [4.78, 5) is 2.08. The molecule has 0 spiro atoms. The third-order valence-electron chi connectivity index (χ3n) is 3.32. The van der Waals surface area contributed by atoms with Crippen molar-refractivity contribution in [2.75, 3.05) is 7.05 Å². The summed E-state index contributed by atoms with van der Waals surface area (Å²) in [6.07, 6.45) is 0. The van der Waals surface area contributed by atoms with Crippen LogP contribution in [0.15, 0.2) is 54.6 Å². The minimum atomic E-state index is -0.207. The molecule has 2 aromatic carbocycles. The molecule has 1 atom stereocenters. The van der Waals surface area contributed by atoms with Crippen molar-refractivity contribution in [1.29, 1.82) is 5.26 Å². The summed E-state index contributed by atoms with van der Waals surface area (Å²) < 4.78 is 0.